The lowest BCUT2D eigenvalue weighted by atomic mass is 9.85. The number of amides is 1. The van der Waals surface area contributed by atoms with E-state index < -0.39 is 0 Å². The molecule has 3 heterocycles. The summed E-state index contributed by atoms with van der Waals surface area (Å²) in [6.45, 7) is 6.03. The number of piperidine rings is 2. The smallest absolute Gasteiger partial charge is 0.225 e. The Hall–Kier alpha value is -1.52. The number of nitrogens with one attached hydrogen (secondary N) is 2. The van der Waals surface area contributed by atoms with Crippen LogP contribution in [0.1, 0.15) is 44.1 Å². The number of nitrogens with zero attached hydrogens (tertiary/aromatic N) is 1. The highest BCUT2D eigenvalue weighted by Gasteiger charge is 2.31. The van der Waals surface area contributed by atoms with Gasteiger partial charge < -0.3 is 15.2 Å². The normalized spacial score (nSPS) is 22.8. The second-order valence-electron chi connectivity index (χ2n) is 7.78. The van der Waals surface area contributed by atoms with Crippen molar-refractivity contribution in [3.05, 3.63) is 36.0 Å². The van der Waals surface area contributed by atoms with Gasteiger partial charge in [-0.15, -0.1) is 12.4 Å². The Balaban J connectivity index is 0.00000196. The summed E-state index contributed by atoms with van der Waals surface area (Å²) >= 11 is 0. The first-order chi connectivity index (χ1) is 12.2. The number of rotatable bonds is 3. The number of carbonyl (C=O) groups is 1. The van der Waals surface area contributed by atoms with Crippen molar-refractivity contribution in [2.45, 2.75) is 38.5 Å². The molecule has 0 spiro atoms. The molecular formula is C21H30ClN3O. The Morgan fingerprint density at radius 1 is 1.19 bits per heavy atom. The molecular weight excluding hydrogens is 346 g/mol. The van der Waals surface area contributed by atoms with Gasteiger partial charge >= 0.3 is 0 Å². The molecule has 2 fully saturated rings. The first-order valence-electron chi connectivity index (χ1n) is 9.79. The van der Waals surface area contributed by atoms with Gasteiger partial charge in [0.1, 0.15) is 0 Å². The highest BCUT2D eigenvalue weighted by atomic mass is 35.5. The first-order valence-corrected chi connectivity index (χ1v) is 9.79. The molecule has 4 rings (SSSR count). The molecule has 0 radical (unpaired) electrons. The zero-order chi connectivity index (χ0) is 17.2. The topological polar surface area (TPSA) is 48.1 Å². The van der Waals surface area contributed by atoms with E-state index in [2.05, 4.69) is 52.6 Å². The Kier molecular flexibility index (Phi) is 6.25. The Morgan fingerprint density at radius 3 is 2.69 bits per heavy atom. The van der Waals surface area contributed by atoms with Crippen LogP contribution in [-0.4, -0.2) is 42.0 Å². The molecule has 2 aromatic rings. The summed E-state index contributed by atoms with van der Waals surface area (Å²) in [5, 5.41) is 4.78. The molecule has 2 aliphatic rings. The number of likely N-dealkylation sites (tertiary alicyclic amines) is 1. The van der Waals surface area contributed by atoms with Gasteiger partial charge in [-0.05, 0) is 62.2 Å². The van der Waals surface area contributed by atoms with Crippen molar-refractivity contribution < 1.29 is 4.79 Å². The minimum absolute atomic E-state index is 0. The lowest BCUT2D eigenvalue weighted by Gasteiger charge is -2.36. The number of H-pyrrole nitrogens is 1. The van der Waals surface area contributed by atoms with E-state index in [4.69, 9.17) is 0 Å². The average molecular weight is 376 g/mol. The van der Waals surface area contributed by atoms with Gasteiger partial charge in [0, 0.05) is 36.1 Å². The highest BCUT2D eigenvalue weighted by Crippen LogP contribution is 2.34. The first kappa shape index (κ1) is 19.2. The van der Waals surface area contributed by atoms with Crippen LogP contribution < -0.4 is 5.32 Å². The van der Waals surface area contributed by atoms with Crippen molar-refractivity contribution in [1.82, 2.24) is 15.2 Å². The zero-order valence-electron chi connectivity index (χ0n) is 15.5. The fraction of sp³-hybridized carbons (Fsp3) is 0.571. The molecule has 1 aromatic heterocycles. The summed E-state index contributed by atoms with van der Waals surface area (Å²) < 4.78 is 0. The average Bonchev–Trinajstić information content (AvgIpc) is 3.12. The molecule has 142 valence electrons. The Morgan fingerprint density at radius 2 is 1.96 bits per heavy atom. The van der Waals surface area contributed by atoms with E-state index in [-0.39, 0.29) is 18.3 Å². The maximum absolute atomic E-state index is 12.9. The Bertz CT molecular complexity index is 730. The molecule has 1 aromatic carbocycles. The Labute approximate surface area is 162 Å². The number of carbonyl (C=O) groups excluding carboxylic acids is 1. The molecule has 4 nitrogen and oxygen atoms in total. The summed E-state index contributed by atoms with van der Waals surface area (Å²) in [5.74, 6) is 1.59. The number of fused-ring (bicyclic) bond motifs is 1. The number of benzene rings is 1. The standard InChI is InChI=1S/C21H29N3O.ClH/c1-15(17-5-4-10-22-13-17)21(25)24-11-8-16(9-12-24)19-14-23-20-7-3-2-6-18(19)20;/h2-3,6-7,14-17,22-23H,4-5,8-13H2,1H3;1H. The molecule has 2 atom stereocenters. The molecule has 0 bridgehead atoms. The predicted octanol–water partition coefficient (Wildman–Crippen LogP) is 3.93. The van der Waals surface area contributed by atoms with Crippen molar-refractivity contribution >= 4 is 29.2 Å². The number of aromatic nitrogens is 1. The maximum atomic E-state index is 12.9. The van der Waals surface area contributed by atoms with E-state index in [9.17, 15) is 4.79 Å². The van der Waals surface area contributed by atoms with Crippen LogP contribution in [0.5, 0.6) is 0 Å². The predicted molar refractivity (Wildman–Crippen MR) is 109 cm³/mol. The minimum atomic E-state index is 0. The lowest BCUT2D eigenvalue weighted by molar-refractivity contribution is -0.138. The molecule has 2 N–H and O–H groups in total. The largest absolute Gasteiger partial charge is 0.361 e. The van der Waals surface area contributed by atoms with Crippen LogP contribution in [0, 0.1) is 11.8 Å². The van der Waals surface area contributed by atoms with Gasteiger partial charge in [-0.2, -0.15) is 0 Å². The van der Waals surface area contributed by atoms with Crippen molar-refractivity contribution in [2.24, 2.45) is 11.8 Å². The van der Waals surface area contributed by atoms with E-state index >= 15 is 0 Å². The van der Waals surface area contributed by atoms with Crippen molar-refractivity contribution in [1.29, 1.82) is 0 Å². The molecule has 2 aliphatic heterocycles. The van der Waals surface area contributed by atoms with E-state index in [0.29, 0.717) is 17.7 Å². The molecule has 26 heavy (non-hydrogen) atoms. The number of halogens is 1. The number of hydrogen-bond donors (Lipinski definition) is 2. The minimum Gasteiger partial charge on any atom is -0.361 e. The quantitative estimate of drug-likeness (QED) is 0.853. The lowest BCUT2D eigenvalue weighted by Crippen LogP contribution is -2.45. The van der Waals surface area contributed by atoms with Gasteiger partial charge in [-0.1, -0.05) is 25.1 Å². The number of hydrogen-bond acceptors (Lipinski definition) is 2. The monoisotopic (exact) mass is 375 g/mol. The third-order valence-electron chi connectivity index (χ3n) is 6.30. The third kappa shape index (κ3) is 3.77. The van der Waals surface area contributed by atoms with Gasteiger partial charge in [0.15, 0.2) is 0 Å². The summed E-state index contributed by atoms with van der Waals surface area (Å²) in [6, 6.07) is 8.53. The fourth-order valence-electron chi connectivity index (χ4n) is 4.64. The van der Waals surface area contributed by atoms with Gasteiger partial charge in [-0.25, -0.2) is 0 Å². The summed E-state index contributed by atoms with van der Waals surface area (Å²) in [5.41, 5.74) is 2.64. The van der Waals surface area contributed by atoms with Crippen LogP contribution >= 0.6 is 12.4 Å². The molecule has 2 saturated heterocycles. The van der Waals surface area contributed by atoms with E-state index in [1.165, 1.54) is 29.3 Å². The third-order valence-corrected chi connectivity index (χ3v) is 6.30. The van der Waals surface area contributed by atoms with Crippen LogP contribution in [0.3, 0.4) is 0 Å². The van der Waals surface area contributed by atoms with Gasteiger partial charge in [0.05, 0.1) is 0 Å². The second kappa shape index (κ2) is 8.45. The second-order valence-corrected chi connectivity index (χ2v) is 7.78. The summed E-state index contributed by atoms with van der Waals surface area (Å²) in [7, 11) is 0. The summed E-state index contributed by atoms with van der Waals surface area (Å²) in [6.07, 6.45) is 6.70. The summed E-state index contributed by atoms with van der Waals surface area (Å²) in [4.78, 5) is 18.4. The zero-order valence-corrected chi connectivity index (χ0v) is 16.4. The van der Waals surface area contributed by atoms with Gasteiger partial charge in [-0.3, -0.25) is 4.79 Å². The molecule has 5 heteroatoms. The van der Waals surface area contributed by atoms with Crippen LogP contribution in [0.2, 0.25) is 0 Å². The van der Waals surface area contributed by atoms with Crippen LogP contribution in [0.25, 0.3) is 10.9 Å². The molecule has 0 saturated carbocycles. The molecule has 1 amide bonds. The molecule has 0 aliphatic carbocycles. The van der Waals surface area contributed by atoms with Crippen LogP contribution in [0.15, 0.2) is 30.5 Å². The van der Waals surface area contributed by atoms with Crippen LogP contribution in [-0.2, 0) is 4.79 Å². The van der Waals surface area contributed by atoms with E-state index in [1.807, 2.05) is 0 Å². The molecule has 2 unspecified atom stereocenters. The number of para-hydroxylation sites is 1. The van der Waals surface area contributed by atoms with Crippen molar-refractivity contribution in [2.75, 3.05) is 26.2 Å². The maximum Gasteiger partial charge on any atom is 0.225 e. The number of aromatic amines is 1. The van der Waals surface area contributed by atoms with Crippen molar-refractivity contribution in [3.8, 4) is 0 Å². The van der Waals surface area contributed by atoms with Crippen LogP contribution in [0.4, 0.5) is 0 Å². The fourth-order valence-corrected chi connectivity index (χ4v) is 4.64. The van der Waals surface area contributed by atoms with Gasteiger partial charge in [0.25, 0.3) is 0 Å². The van der Waals surface area contributed by atoms with E-state index in [1.54, 1.807) is 0 Å². The van der Waals surface area contributed by atoms with Gasteiger partial charge in [0.2, 0.25) is 5.91 Å². The van der Waals surface area contributed by atoms with Crippen molar-refractivity contribution in [3.63, 3.8) is 0 Å². The van der Waals surface area contributed by atoms with E-state index in [0.717, 1.165) is 39.0 Å². The SMILES string of the molecule is CC(C(=O)N1CCC(c2c[nH]c3ccccc23)CC1)C1CCCNC1.Cl. The highest BCUT2D eigenvalue weighted by molar-refractivity contribution is 5.85.